The second-order valence-electron chi connectivity index (χ2n) is 4.84. The molecule has 2 nitrogen and oxygen atoms in total. The largest absolute Gasteiger partial charge is 0.390 e. The van der Waals surface area contributed by atoms with E-state index < -0.39 is 5.60 Å². The van der Waals surface area contributed by atoms with Crippen molar-refractivity contribution in [3.8, 4) is 0 Å². The lowest BCUT2D eigenvalue weighted by molar-refractivity contribution is -0.0256. The molecule has 0 saturated carbocycles. The first-order valence-electron chi connectivity index (χ1n) is 6.20. The number of aliphatic hydroxyl groups is 1. The van der Waals surface area contributed by atoms with Gasteiger partial charge >= 0.3 is 0 Å². The van der Waals surface area contributed by atoms with E-state index in [0.717, 1.165) is 38.9 Å². The van der Waals surface area contributed by atoms with Gasteiger partial charge in [-0.05, 0) is 24.8 Å². The van der Waals surface area contributed by atoms with Gasteiger partial charge in [0, 0.05) is 19.6 Å². The average Bonchev–Trinajstić information content (AvgIpc) is 2.34. The molecule has 1 aromatic rings. The fourth-order valence-electron chi connectivity index (χ4n) is 2.32. The maximum Gasteiger partial charge on any atom is 0.0669 e. The van der Waals surface area contributed by atoms with Crippen LogP contribution in [-0.2, 0) is 6.54 Å². The Morgan fingerprint density at radius 2 is 1.81 bits per heavy atom. The zero-order chi connectivity index (χ0) is 11.4. The SMILES string of the molecule is CCC1(O)CCN(Cc2ccccc2)CC1. The number of benzene rings is 1. The summed E-state index contributed by atoms with van der Waals surface area (Å²) in [7, 11) is 0. The number of piperidine rings is 1. The van der Waals surface area contributed by atoms with Gasteiger partial charge in [-0.2, -0.15) is 0 Å². The van der Waals surface area contributed by atoms with E-state index in [0.29, 0.717) is 0 Å². The minimum atomic E-state index is -0.396. The third-order valence-corrected chi connectivity index (χ3v) is 3.69. The third-order valence-electron chi connectivity index (χ3n) is 3.69. The molecule has 1 aliphatic rings. The van der Waals surface area contributed by atoms with Crippen LogP contribution in [0.25, 0.3) is 0 Å². The normalized spacial score (nSPS) is 20.9. The van der Waals surface area contributed by atoms with Crippen molar-refractivity contribution in [2.75, 3.05) is 13.1 Å². The number of hydrogen-bond donors (Lipinski definition) is 1. The first-order valence-corrected chi connectivity index (χ1v) is 6.20. The van der Waals surface area contributed by atoms with Crippen molar-refractivity contribution < 1.29 is 5.11 Å². The Hall–Kier alpha value is -0.860. The summed E-state index contributed by atoms with van der Waals surface area (Å²) in [5.74, 6) is 0. The highest BCUT2D eigenvalue weighted by Crippen LogP contribution is 2.25. The fraction of sp³-hybridized carbons (Fsp3) is 0.571. The van der Waals surface area contributed by atoms with Crippen LogP contribution >= 0.6 is 0 Å². The van der Waals surface area contributed by atoms with Crippen molar-refractivity contribution >= 4 is 0 Å². The highest BCUT2D eigenvalue weighted by Gasteiger charge is 2.29. The van der Waals surface area contributed by atoms with Crippen LogP contribution in [-0.4, -0.2) is 28.7 Å². The number of likely N-dealkylation sites (tertiary alicyclic amines) is 1. The Bertz CT molecular complexity index is 315. The van der Waals surface area contributed by atoms with E-state index in [1.165, 1.54) is 5.56 Å². The molecule has 1 aliphatic heterocycles. The zero-order valence-corrected chi connectivity index (χ0v) is 10.0. The molecule has 88 valence electrons. The number of hydrogen-bond acceptors (Lipinski definition) is 2. The molecule has 0 bridgehead atoms. The van der Waals surface area contributed by atoms with Gasteiger partial charge in [0.25, 0.3) is 0 Å². The van der Waals surface area contributed by atoms with E-state index in [4.69, 9.17) is 0 Å². The van der Waals surface area contributed by atoms with E-state index >= 15 is 0 Å². The molecule has 1 saturated heterocycles. The molecule has 1 heterocycles. The molecule has 0 spiro atoms. The van der Waals surface area contributed by atoms with Gasteiger partial charge in [-0.3, -0.25) is 4.90 Å². The molecule has 1 N–H and O–H groups in total. The Balaban J connectivity index is 1.86. The van der Waals surface area contributed by atoms with Gasteiger partial charge in [0.2, 0.25) is 0 Å². The van der Waals surface area contributed by atoms with Crippen LogP contribution in [0.1, 0.15) is 31.7 Å². The molecule has 2 heteroatoms. The molecular formula is C14H21NO. The first-order chi connectivity index (χ1) is 7.72. The van der Waals surface area contributed by atoms with Gasteiger partial charge in [-0.1, -0.05) is 37.3 Å². The minimum absolute atomic E-state index is 0.396. The van der Waals surface area contributed by atoms with Crippen molar-refractivity contribution in [1.29, 1.82) is 0 Å². The van der Waals surface area contributed by atoms with Crippen LogP contribution in [0.4, 0.5) is 0 Å². The first kappa shape index (κ1) is 11.6. The molecule has 1 aromatic carbocycles. The maximum atomic E-state index is 10.1. The highest BCUT2D eigenvalue weighted by molar-refractivity contribution is 5.14. The van der Waals surface area contributed by atoms with Gasteiger partial charge in [0.1, 0.15) is 0 Å². The molecule has 0 aliphatic carbocycles. The molecule has 0 unspecified atom stereocenters. The van der Waals surface area contributed by atoms with Crippen LogP contribution in [0.2, 0.25) is 0 Å². The molecule has 0 radical (unpaired) electrons. The van der Waals surface area contributed by atoms with E-state index in [1.807, 2.05) is 0 Å². The van der Waals surface area contributed by atoms with Gasteiger partial charge < -0.3 is 5.11 Å². The summed E-state index contributed by atoms with van der Waals surface area (Å²) < 4.78 is 0. The summed E-state index contributed by atoms with van der Waals surface area (Å²) >= 11 is 0. The lowest BCUT2D eigenvalue weighted by Crippen LogP contribution is -2.43. The molecule has 2 rings (SSSR count). The van der Waals surface area contributed by atoms with Gasteiger partial charge in [-0.25, -0.2) is 0 Å². The van der Waals surface area contributed by atoms with Crippen molar-refractivity contribution in [2.45, 2.75) is 38.3 Å². The van der Waals surface area contributed by atoms with Gasteiger partial charge in [0.05, 0.1) is 5.60 Å². The molecule has 0 atom stereocenters. The Kier molecular flexibility index (Phi) is 3.62. The second-order valence-corrected chi connectivity index (χ2v) is 4.84. The summed E-state index contributed by atoms with van der Waals surface area (Å²) in [6, 6.07) is 10.6. The minimum Gasteiger partial charge on any atom is -0.390 e. The Morgan fingerprint density at radius 1 is 1.19 bits per heavy atom. The van der Waals surface area contributed by atoms with E-state index in [9.17, 15) is 5.11 Å². The van der Waals surface area contributed by atoms with Crippen LogP contribution in [0, 0.1) is 0 Å². The van der Waals surface area contributed by atoms with Crippen LogP contribution in [0.5, 0.6) is 0 Å². The topological polar surface area (TPSA) is 23.5 Å². The molecule has 0 aromatic heterocycles. The predicted octanol–water partition coefficient (Wildman–Crippen LogP) is 2.42. The summed E-state index contributed by atoms with van der Waals surface area (Å²) in [5, 5.41) is 10.1. The van der Waals surface area contributed by atoms with Gasteiger partial charge in [0.15, 0.2) is 0 Å². The Labute approximate surface area is 97.9 Å². The third kappa shape index (κ3) is 2.83. The van der Waals surface area contributed by atoms with E-state index in [2.05, 4.69) is 42.2 Å². The fourth-order valence-corrected chi connectivity index (χ4v) is 2.32. The molecular weight excluding hydrogens is 198 g/mol. The lowest BCUT2D eigenvalue weighted by atomic mass is 9.89. The van der Waals surface area contributed by atoms with E-state index in [1.54, 1.807) is 0 Å². The quantitative estimate of drug-likeness (QED) is 0.844. The summed E-state index contributed by atoms with van der Waals surface area (Å²) in [6.45, 7) is 5.12. The van der Waals surface area contributed by atoms with Gasteiger partial charge in [-0.15, -0.1) is 0 Å². The highest BCUT2D eigenvalue weighted by atomic mass is 16.3. The van der Waals surface area contributed by atoms with Crippen LogP contribution in [0.15, 0.2) is 30.3 Å². The van der Waals surface area contributed by atoms with Crippen molar-refractivity contribution in [2.24, 2.45) is 0 Å². The predicted molar refractivity (Wildman–Crippen MR) is 66.2 cm³/mol. The standard InChI is InChI=1S/C14H21NO/c1-2-14(16)8-10-15(11-9-14)12-13-6-4-3-5-7-13/h3-7,16H,2,8-12H2,1H3. The summed E-state index contributed by atoms with van der Waals surface area (Å²) in [5.41, 5.74) is 0.970. The maximum absolute atomic E-state index is 10.1. The Morgan fingerprint density at radius 3 is 2.38 bits per heavy atom. The number of nitrogens with zero attached hydrogens (tertiary/aromatic N) is 1. The summed E-state index contributed by atoms with van der Waals surface area (Å²) in [4.78, 5) is 2.43. The van der Waals surface area contributed by atoms with Crippen molar-refractivity contribution in [1.82, 2.24) is 4.90 Å². The smallest absolute Gasteiger partial charge is 0.0669 e. The average molecular weight is 219 g/mol. The summed E-state index contributed by atoms with van der Waals surface area (Å²) in [6.07, 6.45) is 2.71. The molecule has 0 amide bonds. The number of rotatable bonds is 3. The molecule has 1 fully saturated rings. The van der Waals surface area contributed by atoms with Crippen LogP contribution < -0.4 is 0 Å². The van der Waals surface area contributed by atoms with E-state index in [-0.39, 0.29) is 0 Å². The zero-order valence-electron chi connectivity index (χ0n) is 10.0. The van der Waals surface area contributed by atoms with Crippen molar-refractivity contribution in [3.63, 3.8) is 0 Å². The second kappa shape index (κ2) is 4.98. The lowest BCUT2D eigenvalue weighted by Gasteiger charge is -2.37. The van der Waals surface area contributed by atoms with Crippen molar-refractivity contribution in [3.05, 3.63) is 35.9 Å². The van der Waals surface area contributed by atoms with Crippen LogP contribution in [0.3, 0.4) is 0 Å². The monoisotopic (exact) mass is 219 g/mol. The molecule has 16 heavy (non-hydrogen) atoms.